The van der Waals surface area contributed by atoms with Crippen LogP contribution in [-0.2, 0) is 16.1 Å². The quantitative estimate of drug-likeness (QED) is 0.632. The van der Waals surface area contributed by atoms with Crippen LogP contribution in [0, 0.1) is 5.92 Å². The number of anilines is 1. The molecule has 0 radical (unpaired) electrons. The Morgan fingerprint density at radius 1 is 1.36 bits per heavy atom. The summed E-state index contributed by atoms with van der Waals surface area (Å²) in [7, 11) is 0. The summed E-state index contributed by atoms with van der Waals surface area (Å²) in [5.41, 5.74) is 6.97. The van der Waals surface area contributed by atoms with Crippen LogP contribution >= 0.6 is 0 Å². The number of carbonyl (C=O) groups is 2. The summed E-state index contributed by atoms with van der Waals surface area (Å²) in [6.45, 7) is 0.692. The molecule has 8 nitrogen and oxygen atoms in total. The summed E-state index contributed by atoms with van der Waals surface area (Å²) in [5.74, 6) is 0.618. The summed E-state index contributed by atoms with van der Waals surface area (Å²) in [5, 5.41) is 12.3. The minimum atomic E-state index is -0.313. The van der Waals surface area contributed by atoms with Gasteiger partial charge in [-0.15, -0.1) is 0 Å². The summed E-state index contributed by atoms with van der Waals surface area (Å²) < 4.78 is 0. The monoisotopic (exact) mass is 300 g/mol. The lowest BCUT2D eigenvalue weighted by molar-refractivity contribution is -0.123. The summed E-state index contributed by atoms with van der Waals surface area (Å²) >= 11 is 0. The second-order valence-electron chi connectivity index (χ2n) is 5.08. The molecule has 2 amide bonds. The van der Waals surface area contributed by atoms with Gasteiger partial charge in [-0.05, 0) is 24.3 Å². The molecule has 1 saturated heterocycles. The molecule has 1 aliphatic rings. The van der Waals surface area contributed by atoms with E-state index in [1.165, 1.54) is 0 Å². The third-order valence-corrected chi connectivity index (χ3v) is 3.48. The van der Waals surface area contributed by atoms with E-state index >= 15 is 0 Å². The van der Waals surface area contributed by atoms with Crippen molar-refractivity contribution in [2.24, 2.45) is 11.7 Å². The van der Waals surface area contributed by atoms with Gasteiger partial charge in [-0.25, -0.2) is 4.98 Å². The molecule has 1 fully saturated rings. The van der Waals surface area contributed by atoms with Gasteiger partial charge in [0.05, 0.1) is 12.5 Å². The lowest BCUT2D eigenvalue weighted by atomic mass is 10.1. The van der Waals surface area contributed by atoms with E-state index < -0.39 is 0 Å². The fourth-order valence-electron chi connectivity index (χ4n) is 2.25. The summed E-state index contributed by atoms with van der Waals surface area (Å²) in [4.78, 5) is 27.4. The number of nitrogens with zero attached hydrogens (tertiary/aromatic N) is 2. The van der Waals surface area contributed by atoms with Gasteiger partial charge in [-0.3, -0.25) is 14.7 Å². The zero-order valence-corrected chi connectivity index (χ0v) is 11.8. The Bertz CT molecular complexity index is 694. The van der Waals surface area contributed by atoms with Crippen molar-refractivity contribution in [3.05, 3.63) is 30.1 Å². The van der Waals surface area contributed by atoms with Crippen LogP contribution in [0.5, 0.6) is 0 Å². The first-order valence-corrected chi connectivity index (χ1v) is 6.95. The molecule has 2 aromatic rings. The number of nitrogens with one attached hydrogen (secondary N) is 3. The van der Waals surface area contributed by atoms with Crippen molar-refractivity contribution in [1.29, 1.82) is 0 Å². The Morgan fingerprint density at radius 2 is 2.14 bits per heavy atom. The largest absolute Gasteiger partial charge is 0.355 e. The summed E-state index contributed by atoms with van der Waals surface area (Å²) in [6, 6.07) is 7.18. The molecule has 0 bridgehead atoms. The Hall–Kier alpha value is -2.74. The predicted octanol–water partition coefficient (Wildman–Crippen LogP) is 0.00500. The number of amides is 2. The number of benzene rings is 1. The SMILES string of the molecule is NCc1nc(-c2ccc(NC(=O)C3CNC(=O)C3)cc2)n[nH]1. The topological polar surface area (TPSA) is 126 Å². The number of hydrogen-bond acceptors (Lipinski definition) is 5. The second-order valence-corrected chi connectivity index (χ2v) is 5.08. The van der Waals surface area contributed by atoms with E-state index in [2.05, 4.69) is 25.8 Å². The molecular weight excluding hydrogens is 284 g/mol. The maximum Gasteiger partial charge on any atom is 0.229 e. The van der Waals surface area contributed by atoms with Crippen molar-refractivity contribution in [3.8, 4) is 11.4 Å². The lowest BCUT2D eigenvalue weighted by Gasteiger charge is -2.09. The van der Waals surface area contributed by atoms with Crippen molar-refractivity contribution in [1.82, 2.24) is 20.5 Å². The molecule has 5 N–H and O–H groups in total. The third-order valence-electron chi connectivity index (χ3n) is 3.48. The molecule has 1 aliphatic heterocycles. The van der Waals surface area contributed by atoms with Gasteiger partial charge < -0.3 is 16.4 Å². The highest BCUT2D eigenvalue weighted by Crippen LogP contribution is 2.19. The van der Waals surface area contributed by atoms with Crippen LogP contribution in [0.1, 0.15) is 12.2 Å². The van der Waals surface area contributed by atoms with Crippen molar-refractivity contribution >= 4 is 17.5 Å². The smallest absolute Gasteiger partial charge is 0.229 e. The number of nitrogens with two attached hydrogens (primary N) is 1. The maximum absolute atomic E-state index is 12.0. The van der Waals surface area contributed by atoms with Crippen molar-refractivity contribution in [2.75, 3.05) is 11.9 Å². The number of aromatic nitrogens is 3. The molecule has 1 aromatic heterocycles. The predicted molar refractivity (Wildman–Crippen MR) is 79.5 cm³/mol. The molecular formula is C14H16N6O2. The van der Waals surface area contributed by atoms with Crippen LogP contribution in [0.3, 0.4) is 0 Å². The van der Waals surface area contributed by atoms with Gasteiger partial charge in [-0.2, -0.15) is 5.10 Å². The molecule has 2 heterocycles. The first kappa shape index (κ1) is 14.2. The highest BCUT2D eigenvalue weighted by molar-refractivity contribution is 5.97. The first-order chi connectivity index (χ1) is 10.7. The molecule has 0 saturated carbocycles. The van der Waals surface area contributed by atoms with Gasteiger partial charge in [0.1, 0.15) is 5.82 Å². The Kier molecular flexibility index (Phi) is 3.84. The number of carbonyl (C=O) groups excluding carboxylic acids is 2. The average Bonchev–Trinajstić information content (AvgIpc) is 3.17. The van der Waals surface area contributed by atoms with E-state index in [1.54, 1.807) is 12.1 Å². The van der Waals surface area contributed by atoms with E-state index in [-0.39, 0.29) is 24.2 Å². The Labute approximate surface area is 126 Å². The zero-order chi connectivity index (χ0) is 15.5. The van der Waals surface area contributed by atoms with Crippen LogP contribution < -0.4 is 16.4 Å². The normalized spacial score (nSPS) is 17.3. The third kappa shape index (κ3) is 2.96. The Balaban J connectivity index is 1.66. The second kappa shape index (κ2) is 5.94. The first-order valence-electron chi connectivity index (χ1n) is 6.95. The highest BCUT2D eigenvalue weighted by atomic mass is 16.2. The van der Waals surface area contributed by atoms with Crippen molar-refractivity contribution in [2.45, 2.75) is 13.0 Å². The minimum absolute atomic E-state index is 0.0872. The van der Waals surface area contributed by atoms with Gasteiger partial charge in [-0.1, -0.05) is 0 Å². The number of rotatable bonds is 4. The van der Waals surface area contributed by atoms with Gasteiger partial charge in [0.15, 0.2) is 5.82 Å². The summed E-state index contributed by atoms with van der Waals surface area (Å²) in [6.07, 6.45) is 0.239. The van der Waals surface area contributed by atoms with Crippen LogP contribution in [0.4, 0.5) is 5.69 Å². The van der Waals surface area contributed by atoms with E-state index in [0.29, 0.717) is 30.4 Å². The lowest BCUT2D eigenvalue weighted by Crippen LogP contribution is -2.24. The fourth-order valence-corrected chi connectivity index (χ4v) is 2.25. The van der Waals surface area contributed by atoms with Gasteiger partial charge in [0, 0.05) is 24.2 Å². The van der Waals surface area contributed by atoms with Crippen LogP contribution in [0.15, 0.2) is 24.3 Å². The van der Waals surface area contributed by atoms with E-state index in [1.807, 2.05) is 12.1 Å². The molecule has 114 valence electrons. The van der Waals surface area contributed by atoms with E-state index in [9.17, 15) is 9.59 Å². The van der Waals surface area contributed by atoms with Gasteiger partial charge >= 0.3 is 0 Å². The molecule has 1 aromatic carbocycles. The molecule has 0 aliphatic carbocycles. The molecule has 0 spiro atoms. The van der Waals surface area contributed by atoms with Gasteiger partial charge in [0.2, 0.25) is 11.8 Å². The molecule has 1 atom stereocenters. The van der Waals surface area contributed by atoms with Crippen LogP contribution in [-0.4, -0.2) is 33.5 Å². The average molecular weight is 300 g/mol. The van der Waals surface area contributed by atoms with Crippen LogP contribution in [0.2, 0.25) is 0 Å². The molecule has 3 rings (SSSR count). The van der Waals surface area contributed by atoms with E-state index in [4.69, 9.17) is 5.73 Å². The molecule has 8 heteroatoms. The van der Waals surface area contributed by atoms with E-state index in [0.717, 1.165) is 5.56 Å². The van der Waals surface area contributed by atoms with Crippen LogP contribution in [0.25, 0.3) is 11.4 Å². The minimum Gasteiger partial charge on any atom is -0.355 e. The Morgan fingerprint density at radius 3 is 2.73 bits per heavy atom. The van der Waals surface area contributed by atoms with Crippen molar-refractivity contribution < 1.29 is 9.59 Å². The number of H-pyrrole nitrogens is 1. The molecule has 1 unspecified atom stereocenters. The van der Waals surface area contributed by atoms with Crippen molar-refractivity contribution in [3.63, 3.8) is 0 Å². The molecule has 22 heavy (non-hydrogen) atoms. The maximum atomic E-state index is 12.0. The zero-order valence-electron chi connectivity index (χ0n) is 11.8. The fraction of sp³-hybridized carbons (Fsp3) is 0.286. The standard InChI is InChI=1S/C14H16N6O2/c15-6-11-18-13(20-19-11)8-1-3-10(4-2-8)17-14(22)9-5-12(21)16-7-9/h1-4,9H,5-7,15H2,(H,16,21)(H,17,22)(H,18,19,20). The number of aromatic amines is 1. The highest BCUT2D eigenvalue weighted by Gasteiger charge is 2.27. The van der Waals surface area contributed by atoms with Gasteiger partial charge in [0.25, 0.3) is 0 Å². The number of hydrogen-bond donors (Lipinski definition) is 4.